The molecular formula is C28H24ClNO5S. The molecule has 0 saturated carbocycles. The summed E-state index contributed by atoms with van der Waals surface area (Å²) in [6, 6.07) is 22.2. The molecule has 0 saturated heterocycles. The number of ketones is 1. The Balaban J connectivity index is 1.69. The zero-order valence-electron chi connectivity index (χ0n) is 19.7. The first-order valence-corrected chi connectivity index (χ1v) is 13.0. The molecule has 0 aliphatic heterocycles. The van der Waals surface area contributed by atoms with Gasteiger partial charge in [-0.2, -0.15) is 8.42 Å². The lowest BCUT2D eigenvalue weighted by atomic mass is 9.83. The molecule has 0 bridgehead atoms. The van der Waals surface area contributed by atoms with Crippen LogP contribution in [0.1, 0.15) is 39.4 Å². The summed E-state index contributed by atoms with van der Waals surface area (Å²) in [5.41, 5.74) is 4.79. The van der Waals surface area contributed by atoms with E-state index in [0.717, 1.165) is 27.8 Å². The van der Waals surface area contributed by atoms with Gasteiger partial charge in [0.1, 0.15) is 0 Å². The van der Waals surface area contributed by atoms with Crippen molar-refractivity contribution in [2.24, 2.45) is 7.05 Å². The Hall–Kier alpha value is -3.52. The molecule has 1 N–H and O–H groups in total. The van der Waals surface area contributed by atoms with E-state index >= 15 is 0 Å². The first kappa shape index (κ1) is 25.6. The highest BCUT2D eigenvalue weighted by Crippen LogP contribution is 2.34. The number of aryl methyl sites for hydroxylation is 2. The van der Waals surface area contributed by atoms with Crippen LogP contribution in [0.15, 0.2) is 94.7 Å². The summed E-state index contributed by atoms with van der Waals surface area (Å²) in [5, 5.41) is 0.614. The number of pyridine rings is 1. The van der Waals surface area contributed by atoms with Crippen LogP contribution in [0.2, 0.25) is 5.02 Å². The molecule has 0 amide bonds. The van der Waals surface area contributed by atoms with E-state index in [9.17, 15) is 22.6 Å². The number of aromatic nitrogens is 1. The highest BCUT2D eigenvalue weighted by atomic mass is 35.5. The van der Waals surface area contributed by atoms with Crippen LogP contribution in [0.3, 0.4) is 0 Å². The molecule has 1 aromatic heterocycles. The summed E-state index contributed by atoms with van der Waals surface area (Å²) >= 11 is 6.18. The molecule has 0 spiro atoms. The van der Waals surface area contributed by atoms with E-state index in [1.807, 2.05) is 43.3 Å². The zero-order chi connectivity index (χ0) is 26.0. The molecule has 4 aromatic rings. The molecular weight excluding hydrogens is 498 g/mol. The molecule has 0 radical (unpaired) electrons. The van der Waals surface area contributed by atoms with Crippen molar-refractivity contribution in [3.05, 3.63) is 123 Å². The van der Waals surface area contributed by atoms with Crippen molar-refractivity contribution < 1.29 is 17.8 Å². The number of halogens is 1. The number of nitrogens with zero attached hydrogens (tertiary/aromatic N) is 1. The SMILES string of the molecule is Cc1cc(Cl)ccc1C(CC(=O)c1ccc(=O)n(C)c1)c1ccc(-c2ccc(S(=O)(=O)O)cc2)cc1. The number of carbonyl (C=O) groups is 1. The van der Waals surface area contributed by atoms with Crippen molar-refractivity contribution in [2.45, 2.75) is 24.2 Å². The molecule has 1 heterocycles. The summed E-state index contributed by atoms with van der Waals surface area (Å²) in [6.07, 6.45) is 1.75. The number of hydrogen-bond donors (Lipinski definition) is 1. The minimum Gasteiger partial charge on any atom is -0.318 e. The van der Waals surface area contributed by atoms with E-state index in [-0.39, 0.29) is 28.6 Å². The van der Waals surface area contributed by atoms with E-state index in [1.54, 1.807) is 37.5 Å². The van der Waals surface area contributed by atoms with Crippen LogP contribution in [0.4, 0.5) is 0 Å². The highest BCUT2D eigenvalue weighted by Gasteiger charge is 2.22. The van der Waals surface area contributed by atoms with Gasteiger partial charge in [-0.15, -0.1) is 0 Å². The first-order valence-electron chi connectivity index (χ1n) is 11.2. The van der Waals surface area contributed by atoms with Gasteiger partial charge in [-0.1, -0.05) is 54.1 Å². The largest absolute Gasteiger partial charge is 0.318 e. The quantitative estimate of drug-likeness (QED) is 0.250. The fourth-order valence-corrected chi connectivity index (χ4v) is 4.93. The molecule has 1 unspecified atom stereocenters. The Labute approximate surface area is 214 Å². The molecule has 3 aromatic carbocycles. The van der Waals surface area contributed by atoms with Gasteiger partial charge in [0, 0.05) is 42.2 Å². The van der Waals surface area contributed by atoms with Gasteiger partial charge >= 0.3 is 0 Å². The maximum absolute atomic E-state index is 13.2. The summed E-state index contributed by atoms with van der Waals surface area (Å²) < 4.78 is 33.2. The van der Waals surface area contributed by atoms with Crippen molar-refractivity contribution in [1.29, 1.82) is 0 Å². The molecule has 0 aliphatic rings. The van der Waals surface area contributed by atoms with Crippen LogP contribution < -0.4 is 5.56 Å². The van der Waals surface area contributed by atoms with Crippen LogP contribution in [0.5, 0.6) is 0 Å². The Kier molecular flexibility index (Phi) is 7.26. The second kappa shape index (κ2) is 10.2. The van der Waals surface area contributed by atoms with Gasteiger partial charge in [0.15, 0.2) is 5.78 Å². The Morgan fingerprint density at radius 1 is 0.944 bits per heavy atom. The van der Waals surface area contributed by atoms with Crippen LogP contribution in [-0.4, -0.2) is 23.3 Å². The average molecular weight is 522 g/mol. The summed E-state index contributed by atoms with van der Waals surface area (Å²) in [5.74, 6) is -0.335. The minimum atomic E-state index is -4.26. The fourth-order valence-electron chi connectivity index (χ4n) is 4.23. The molecule has 1 atom stereocenters. The zero-order valence-corrected chi connectivity index (χ0v) is 21.3. The topological polar surface area (TPSA) is 93.4 Å². The highest BCUT2D eigenvalue weighted by molar-refractivity contribution is 7.85. The number of Topliss-reactive ketones (excluding diaryl/α,β-unsaturated/α-hetero) is 1. The molecule has 6 nitrogen and oxygen atoms in total. The van der Waals surface area contributed by atoms with Crippen LogP contribution >= 0.6 is 11.6 Å². The Morgan fingerprint density at radius 2 is 1.56 bits per heavy atom. The van der Waals surface area contributed by atoms with Crippen molar-refractivity contribution in [1.82, 2.24) is 4.57 Å². The third-order valence-electron chi connectivity index (χ3n) is 6.20. The van der Waals surface area contributed by atoms with Crippen LogP contribution in [-0.2, 0) is 17.2 Å². The van der Waals surface area contributed by atoms with Crippen molar-refractivity contribution >= 4 is 27.5 Å². The third-order valence-corrected chi connectivity index (χ3v) is 7.31. The summed E-state index contributed by atoms with van der Waals surface area (Å²) in [7, 11) is -2.65. The number of rotatable bonds is 7. The van der Waals surface area contributed by atoms with Gasteiger partial charge in [-0.05, 0) is 65.1 Å². The fraction of sp³-hybridized carbons (Fsp3) is 0.143. The summed E-state index contributed by atoms with van der Waals surface area (Å²) in [6.45, 7) is 1.95. The lowest BCUT2D eigenvalue weighted by Gasteiger charge is -2.20. The first-order chi connectivity index (χ1) is 17.0. The van der Waals surface area contributed by atoms with Gasteiger partial charge in [0.2, 0.25) is 5.56 Å². The van der Waals surface area contributed by atoms with E-state index < -0.39 is 10.1 Å². The minimum absolute atomic E-state index is 0.0881. The monoisotopic (exact) mass is 521 g/mol. The van der Waals surface area contributed by atoms with E-state index in [1.165, 1.54) is 22.8 Å². The molecule has 0 fully saturated rings. The summed E-state index contributed by atoms with van der Waals surface area (Å²) in [4.78, 5) is 24.8. The van der Waals surface area contributed by atoms with Gasteiger partial charge in [-0.3, -0.25) is 14.1 Å². The standard InChI is InChI=1S/C28H24ClNO5S/c1-18-15-23(29)10-13-25(18)26(16-27(31)22-9-14-28(32)30(2)17-22)21-5-3-19(4-6-21)20-7-11-24(12-8-20)36(33,34)35/h3-15,17,26H,16H2,1-2H3,(H,33,34,35). The van der Waals surface area contributed by atoms with E-state index in [2.05, 4.69) is 0 Å². The molecule has 184 valence electrons. The maximum atomic E-state index is 13.2. The average Bonchev–Trinajstić information content (AvgIpc) is 2.84. The second-order valence-electron chi connectivity index (χ2n) is 8.67. The van der Waals surface area contributed by atoms with E-state index in [0.29, 0.717) is 10.6 Å². The second-order valence-corrected chi connectivity index (χ2v) is 10.5. The van der Waals surface area contributed by atoms with Gasteiger partial charge in [-0.25, -0.2) is 0 Å². The Bertz CT molecular complexity index is 1590. The lowest BCUT2D eigenvalue weighted by Crippen LogP contribution is -2.17. The molecule has 8 heteroatoms. The van der Waals surface area contributed by atoms with Crippen molar-refractivity contribution in [2.75, 3.05) is 0 Å². The number of benzene rings is 3. The van der Waals surface area contributed by atoms with Crippen molar-refractivity contribution in [3.63, 3.8) is 0 Å². The van der Waals surface area contributed by atoms with Gasteiger partial charge < -0.3 is 4.57 Å². The maximum Gasteiger partial charge on any atom is 0.294 e. The third kappa shape index (κ3) is 5.65. The van der Waals surface area contributed by atoms with Crippen molar-refractivity contribution in [3.8, 4) is 11.1 Å². The predicted octanol–water partition coefficient (Wildman–Crippen LogP) is 5.67. The molecule has 36 heavy (non-hydrogen) atoms. The lowest BCUT2D eigenvalue weighted by molar-refractivity contribution is 0.0977. The number of hydrogen-bond acceptors (Lipinski definition) is 4. The smallest absolute Gasteiger partial charge is 0.294 e. The van der Waals surface area contributed by atoms with E-state index in [4.69, 9.17) is 11.6 Å². The van der Waals surface area contributed by atoms with Gasteiger partial charge in [0.25, 0.3) is 10.1 Å². The van der Waals surface area contributed by atoms with Crippen LogP contribution in [0, 0.1) is 6.92 Å². The number of carbonyl (C=O) groups excluding carboxylic acids is 1. The van der Waals surface area contributed by atoms with Crippen LogP contribution in [0.25, 0.3) is 11.1 Å². The van der Waals surface area contributed by atoms with Gasteiger partial charge in [0.05, 0.1) is 4.90 Å². The molecule has 0 aliphatic carbocycles. The molecule has 4 rings (SSSR count). The normalized spacial score (nSPS) is 12.3. The Morgan fingerprint density at radius 3 is 2.11 bits per heavy atom. The predicted molar refractivity (Wildman–Crippen MR) is 140 cm³/mol.